The van der Waals surface area contributed by atoms with E-state index in [2.05, 4.69) is 20.5 Å². The Balaban J connectivity index is 1.86. The molecule has 0 bridgehead atoms. The fourth-order valence-electron chi connectivity index (χ4n) is 2.21. The smallest absolute Gasteiger partial charge is 0.348 e. The molecule has 1 aliphatic rings. The van der Waals surface area contributed by atoms with Gasteiger partial charge in [0.1, 0.15) is 12.1 Å². The highest BCUT2D eigenvalue weighted by atomic mass is 16.3. The number of hydrogen-bond acceptors (Lipinski definition) is 5. The molecule has 2 heterocycles. The van der Waals surface area contributed by atoms with Gasteiger partial charge in [-0.1, -0.05) is 13.8 Å². The number of anilines is 1. The van der Waals surface area contributed by atoms with Crippen LogP contribution in [-0.2, 0) is 0 Å². The van der Waals surface area contributed by atoms with Crippen molar-refractivity contribution in [1.82, 2.24) is 19.6 Å². The lowest BCUT2D eigenvalue weighted by molar-refractivity contribution is -0.0511. The van der Waals surface area contributed by atoms with E-state index in [1.54, 1.807) is 6.07 Å². The first-order chi connectivity index (χ1) is 8.48. The zero-order chi connectivity index (χ0) is 12.9. The Bertz CT molecular complexity index is 644. The molecule has 0 spiro atoms. The predicted octanol–water partition coefficient (Wildman–Crippen LogP) is -0.0111. The highest BCUT2D eigenvalue weighted by Crippen LogP contribution is 2.41. The van der Waals surface area contributed by atoms with Gasteiger partial charge < -0.3 is 10.4 Å². The van der Waals surface area contributed by atoms with Crippen LogP contribution in [0.15, 0.2) is 17.2 Å². The maximum Gasteiger partial charge on any atom is 0.348 e. The Kier molecular flexibility index (Phi) is 2.21. The molecule has 2 aromatic rings. The molecule has 0 saturated heterocycles. The molecule has 1 fully saturated rings. The van der Waals surface area contributed by atoms with Gasteiger partial charge in [0.15, 0.2) is 5.65 Å². The van der Waals surface area contributed by atoms with Crippen LogP contribution in [0.3, 0.4) is 0 Å². The lowest BCUT2D eigenvalue weighted by Gasteiger charge is -2.49. The van der Waals surface area contributed by atoms with Crippen LogP contribution < -0.4 is 11.0 Å². The monoisotopic (exact) mass is 249 g/mol. The van der Waals surface area contributed by atoms with Crippen molar-refractivity contribution in [1.29, 1.82) is 0 Å². The van der Waals surface area contributed by atoms with Crippen LogP contribution in [-0.4, -0.2) is 36.8 Å². The van der Waals surface area contributed by atoms with Crippen LogP contribution in [0.2, 0.25) is 0 Å². The number of hydrogen-bond donors (Lipinski definition) is 3. The van der Waals surface area contributed by atoms with E-state index in [0.717, 1.165) is 0 Å². The summed E-state index contributed by atoms with van der Waals surface area (Å²) in [7, 11) is 0. The molecule has 0 amide bonds. The summed E-state index contributed by atoms with van der Waals surface area (Å²) in [5.41, 5.74) is 0.0533. The average Bonchev–Trinajstić information content (AvgIpc) is 2.70. The summed E-state index contributed by atoms with van der Waals surface area (Å²) in [5, 5.41) is 19.2. The number of nitrogens with one attached hydrogen (secondary N) is 2. The lowest BCUT2D eigenvalue weighted by Crippen LogP contribution is -2.57. The minimum Gasteiger partial charge on any atom is -0.392 e. The summed E-state index contributed by atoms with van der Waals surface area (Å²) in [5.74, 6) is 0.659. The maximum atomic E-state index is 11.3. The van der Waals surface area contributed by atoms with Crippen LogP contribution >= 0.6 is 0 Å². The van der Waals surface area contributed by atoms with Crippen molar-refractivity contribution in [3.8, 4) is 0 Å². The van der Waals surface area contributed by atoms with Crippen LogP contribution in [0.1, 0.15) is 20.3 Å². The summed E-state index contributed by atoms with van der Waals surface area (Å²) in [4.78, 5) is 15.4. The Morgan fingerprint density at radius 3 is 3.06 bits per heavy atom. The Hall–Kier alpha value is -1.89. The average molecular weight is 249 g/mol. The Labute approximate surface area is 103 Å². The molecular weight excluding hydrogens is 234 g/mol. The van der Waals surface area contributed by atoms with E-state index >= 15 is 0 Å². The normalized spacial score (nSPS) is 25.9. The second-order valence-corrected chi connectivity index (χ2v) is 5.30. The van der Waals surface area contributed by atoms with Crippen molar-refractivity contribution in [3.63, 3.8) is 0 Å². The van der Waals surface area contributed by atoms with Crippen molar-refractivity contribution in [3.05, 3.63) is 22.9 Å². The van der Waals surface area contributed by atoms with E-state index in [-0.39, 0.29) is 23.3 Å². The molecule has 1 aliphatic carbocycles. The first-order valence-corrected chi connectivity index (χ1v) is 5.86. The van der Waals surface area contributed by atoms with Crippen molar-refractivity contribution < 1.29 is 5.11 Å². The molecule has 3 N–H and O–H groups in total. The van der Waals surface area contributed by atoms with Gasteiger partial charge in [-0.3, -0.25) is 0 Å². The van der Waals surface area contributed by atoms with Crippen molar-refractivity contribution in [2.45, 2.75) is 32.4 Å². The molecule has 2 atom stereocenters. The minimum atomic E-state index is -0.302. The fraction of sp³-hybridized carbons (Fsp3) is 0.545. The maximum absolute atomic E-state index is 11.3. The van der Waals surface area contributed by atoms with Crippen LogP contribution in [0, 0.1) is 5.41 Å². The number of fused-ring (bicyclic) bond motifs is 1. The van der Waals surface area contributed by atoms with E-state index in [1.165, 1.54) is 10.7 Å². The molecule has 1 saturated carbocycles. The van der Waals surface area contributed by atoms with Crippen LogP contribution in [0.4, 0.5) is 5.82 Å². The number of aliphatic hydroxyl groups is 1. The van der Waals surface area contributed by atoms with E-state index in [4.69, 9.17) is 0 Å². The van der Waals surface area contributed by atoms with Crippen LogP contribution in [0.5, 0.6) is 0 Å². The molecule has 96 valence electrons. The van der Waals surface area contributed by atoms with Gasteiger partial charge in [0.2, 0.25) is 0 Å². The summed E-state index contributed by atoms with van der Waals surface area (Å²) < 4.78 is 1.34. The van der Waals surface area contributed by atoms with Gasteiger partial charge in [-0.15, -0.1) is 0 Å². The van der Waals surface area contributed by atoms with Gasteiger partial charge in [0.05, 0.1) is 6.10 Å². The van der Waals surface area contributed by atoms with Crippen molar-refractivity contribution >= 4 is 11.5 Å². The SMILES string of the molecule is CC1(C)C(O)CC1Nc1cc2n[nH]c(=O)n2cn1. The van der Waals surface area contributed by atoms with Gasteiger partial charge in [-0.2, -0.15) is 5.10 Å². The number of nitrogens with zero attached hydrogens (tertiary/aromatic N) is 3. The zero-order valence-electron chi connectivity index (χ0n) is 10.2. The molecule has 7 heteroatoms. The van der Waals surface area contributed by atoms with Crippen molar-refractivity contribution in [2.75, 3.05) is 5.32 Å². The van der Waals surface area contributed by atoms with Gasteiger partial charge >= 0.3 is 5.69 Å². The number of aromatic amines is 1. The predicted molar refractivity (Wildman–Crippen MR) is 65.4 cm³/mol. The quantitative estimate of drug-likeness (QED) is 0.695. The minimum absolute atomic E-state index is 0.168. The summed E-state index contributed by atoms with van der Waals surface area (Å²) in [6.07, 6.45) is 1.85. The van der Waals surface area contributed by atoms with E-state index in [0.29, 0.717) is 17.9 Å². The highest BCUT2D eigenvalue weighted by molar-refractivity contribution is 5.49. The molecule has 7 nitrogen and oxygen atoms in total. The first-order valence-electron chi connectivity index (χ1n) is 5.86. The second kappa shape index (κ2) is 3.55. The molecule has 0 aliphatic heterocycles. The van der Waals surface area contributed by atoms with Gasteiger partial charge in [0.25, 0.3) is 0 Å². The molecule has 0 radical (unpaired) electrons. The third-order valence-corrected chi connectivity index (χ3v) is 3.85. The van der Waals surface area contributed by atoms with Gasteiger partial charge in [0, 0.05) is 17.5 Å². The number of H-pyrrole nitrogens is 1. The molecule has 2 unspecified atom stereocenters. The summed E-state index contributed by atoms with van der Waals surface area (Å²) in [6.45, 7) is 4.02. The van der Waals surface area contributed by atoms with Gasteiger partial charge in [-0.05, 0) is 6.42 Å². The molecule has 0 aromatic carbocycles. The van der Waals surface area contributed by atoms with Gasteiger partial charge in [-0.25, -0.2) is 19.3 Å². The largest absolute Gasteiger partial charge is 0.392 e. The number of rotatable bonds is 2. The van der Waals surface area contributed by atoms with E-state index in [9.17, 15) is 9.90 Å². The molecule has 2 aromatic heterocycles. The zero-order valence-corrected chi connectivity index (χ0v) is 10.2. The lowest BCUT2D eigenvalue weighted by atomic mass is 9.64. The number of aliphatic hydroxyl groups excluding tert-OH is 1. The summed E-state index contributed by atoms with van der Waals surface area (Å²) in [6, 6.07) is 1.88. The van der Waals surface area contributed by atoms with E-state index < -0.39 is 0 Å². The topological polar surface area (TPSA) is 95.3 Å². The standard InChI is InChI=1S/C11H15N5O2/c1-11(2)6(3-7(11)17)13-8-4-9-14-15-10(18)16(9)5-12-8/h4-7,13,17H,3H2,1-2H3,(H,15,18). The number of aromatic nitrogens is 4. The molecule has 3 rings (SSSR count). The molecule has 18 heavy (non-hydrogen) atoms. The van der Waals surface area contributed by atoms with Crippen molar-refractivity contribution in [2.24, 2.45) is 5.41 Å². The van der Waals surface area contributed by atoms with E-state index in [1.807, 2.05) is 13.8 Å². The fourth-order valence-corrected chi connectivity index (χ4v) is 2.21. The Morgan fingerprint density at radius 1 is 1.61 bits per heavy atom. The molecular formula is C11H15N5O2. The Morgan fingerprint density at radius 2 is 2.39 bits per heavy atom. The van der Waals surface area contributed by atoms with Crippen LogP contribution in [0.25, 0.3) is 5.65 Å². The second-order valence-electron chi connectivity index (χ2n) is 5.30. The third kappa shape index (κ3) is 1.51. The summed E-state index contributed by atoms with van der Waals surface area (Å²) >= 11 is 0. The first kappa shape index (κ1) is 11.2. The third-order valence-electron chi connectivity index (χ3n) is 3.85. The highest BCUT2D eigenvalue weighted by Gasteiger charge is 2.47.